The van der Waals surface area contributed by atoms with Gasteiger partial charge in [0.1, 0.15) is 5.75 Å². The number of hydrogen-bond donors (Lipinski definition) is 1. The number of anilines is 1. The number of para-hydroxylation sites is 1. The number of carbonyl (C=O) groups excluding carboxylic acids is 1. The van der Waals surface area contributed by atoms with Crippen molar-refractivity contribution in [3.8, 4) is 5.75 Å². The highest BCUT2D eigenvalue weighted by Gasteiger charge is 2.15. The minimum absolute atomic E-state index is 0.0402. The van der Waals surface area contributed by atoms with Gasteiger partial charge in [-0.25, -0.2) is 0 Å². The van der Waals surface area contributed by atoms with Crippen LogP contribution in [0.25, 0.3) is 0 Å². The lowest BCUT2D eigenvalue weighted by molar-refractivity contribution is -0.132. The lowest BCUT2D eigenvalue weighted by Crippen LogP contribution is -2.34. The van der Waals surface area contributed by atoms with Crippen LogP contribution in [-0.2, 0) is 11.2 Å². The summed E-state index contributed by atoms with van der Waals surface area (Å²) in [5, 5.41) is 3.36. The summed E-state index contributed by atoms with van der Waals surface area (Å²) in [6.45, 7) is 6.49. The summed E-state index contributed by atoms with van der Waals surface area (Å²) in [5.74, 6) is 0.830. The Morgan fingerprint density at radius 2 is 2.16 bits per heavy atom. The first-order valence-electron chi connectivity index (χ1n) is 7.02. The Hall–Kier alpha value is -1.71. The van der Waals surface area contributed by atoms with Gasteiger partial charge in [0.25, 0.3) is 5.91 Å². The third-order valence-electron chi connectivity index (χ3n) is 3.50. The zero-order valence-corrected chi connectivity index (χ0v) is 11.7. The molecule has 0 radical (unpaired) electrons. The molecule has 0 aromatic heterocycles. The number of nitrogens with zero attached hydrogens (tertiary/aromatic N) is 1. The molecule has 0 saturated heterocycles. The molecule has 19 heavy (non-hydrogen) atoms. The van der Waals surface area contributed by atoms with Crippen molar-refractivity contribution in [2.45, 2.75) is 26.7 Å². The second kappa shape index (κ2) is 6.45. The topological polar surface area (TPSA) is 41.6 Å². The van der Waals surface area contributed by atoms with E-state index >= 15 is 0 Å². The minimum Gasteiger partial charge on any atom is -0.482 e. The third kappa shape index (κ3) is 3.19. The highest BCUT2D eigenvalue weighted by molar-refractivity contribution is 5.78. The number of carbonyl (C=O) groups is 1. The van der Waals surface area contributed by atoms with Gasteiger partial charge in [-0.3, -0.25) is 4.79 Å². The second-order valence-corrected chi connectivity index (χ2v) is 4.68. The Balaban J connectivity index is 2.02. The minimum atomic E-state index is 0.0402. The highest BCUT2D eigenvalue weighted by Crippen LogP contribution is 2.31. The van der Waals surface area contributed by atoms with Crippen LogP contribution in [0.15, 0.2) is 18.2 Å². The number of benzene rings is 1. The van der Waals surface area contributed by atoms with Crippen molar-refractivity contribution in [1.29, 1.82) is 0 Å². The molecule has 0 spiro atoms. The van der Waals surface area contributed by atoms with Crippen molar-refractivity contribution in [2.75, 3.05) is 31.6 Å². The molecule has 0 unspecified atom stereocenters. The monoisotopic (exact) mass is 262 g/mol. The molecule has 0 fully saturated rings. The number of hydrogen-bond acceptors (Lipinski definition) is 3. The predicted octanol–water partition coefficient (Wildman–Crippen LogP) is 2.29. The molecule has 2 rings (SSSR count). The fraction of sp³-hybridized carbons (Fsp3) is 0.533. The van der Waals surface area contributed by atoms with Crippen LogP contribution in [0.1, 0.15) is 25.8 Å². The lowest BCUT2D eigenvalue weighted by atomic mass is 10.0. The molecule has 104 valence electrons. The number of aryl methyl sites for hydroxylation is 1. The zero-order valence-electron chi connectivity index (χ0n) is 11.7. The van der Waals surface area contributed by atoms with E-state index in [1.165, 1.54) is 5.56 Å². The number of fused-ring (bicyclic) bond motifs is 1. The van der Waals surface area contributed by atoms with Crippen LogP contribution in [0.3, 0.4) is 0 Å². The van der Waals surface area contributed by atoms with E-state index in [1.807, 2.05) is 26.0 Å². The number of likely N-dealkylation sites (N-methyl/N-ethyl adjacent to an activating group) is 1. The third-order valence-corrected chi connectivity index (χ3v) is 3.50. The van der Waals surface area contributed by atoms with Crippen LogP contribution in [0, 0.1) is 0 Å². The molecule has 0 saturated carbocycles. The standard InChI is InChI=1S/C15H22N2O2/c1-3-17(4-2)14(18)11-19-13-9-5-7-12-8-6-10-16-15(12)13/h5,7,9,16H,3-4,6,8,10-11H2,1-2H3. The van der Waals surface area contributed by atoms with E-state index in [-0.39, 0.29) is 12.5 Å². The van der Waals surface area contributed by atoms with Crippen molar-refractivity contribution in [3.05, 3.63) is 23.8 Å². The average Bonchev–Trinajstić information content (AvgIpc) is 2.46. The molecule has 4 nitrogen and oxygen atoms in total. The Kier molecular flexibility index (Phi) is 4.66. The molecule has 0 aliphatic carbocycles. The maximum atomic E-state index is 11.9. The first kappa shape index (κ1) is 13.7. The summed E-state index contributed by atoms with van der Waals surface area (Å²) in [5.41, 5.74) is 2.33. The van der Waals surface area contributed by atoms with Gasteiger partial charge in [-0.1, -0.05) is 12.1 Å². The normalized spacial score (nSPS) is 13.4. The molecule has 1 aliphatic rings. The SMILES string of the molecule is CCN(CC)C(=O)COc1cccc2c1NCCC2. The predicted molar refractivity (Wildman–Crippen MR) is 76.7 cm³/mol. The number of rotatable bonds is 5. The Morgan fingerprint density at radius 1 is 1.37 bits per heavy atom. The van der Waals surface area contributed by atoms with Gasteiger partial charge in [-0.2, -0.15) is 0 Å². The summed E-state index contributed by atoms with van der Waals surface area (Å²) in [6, 6.07) is 6.02. The van der Waals surface area contributed by atoms with Gasteiger partial charge in [0.15, 0.2) is 6.61 Å². The van der Waals surface area contributed by atoms with Crippen molar-refractivity contribution in [1.82, 2.24) is 4.90 Å². The van der Waals surface area contributed by atoms with E-state index in [1.54, 1.807) is 4.90 Å². The molecule has 1 heterocycles. The smallest absolute Gasteiger partial charge is 0.260 e. The van der Waals surface area contributed by atoms with Crippen molar-refractivity contribution < 1.29 is 9.53 Å². The summed E-state index contributed by atoms with van der Waals surface area (Å²) in [4.78, 5) is 13.7. The van der Waals surface area contributed by atoms with Gasteiger partial charge < -0.3 is 15.0 Å². The maximum absolute atomic E-state index is 11.9. The Morgan fingerprint density at radius 3 is 2.89 bits per heavy atom. The molecule has 1 aliphatic heterocycles. The average molecular weight is 262 g/mol. The van der Waals surface area contributed by atoms with Crippen LogP contribution in [0.5, 0.6) is 5.75 Å². The Labute approximate surface area is 114 Å². The largest absolute Gasteiger partial charge is 0.482 e. The van der Waals surface area contributed by atoms with E-state index in [0.29, 0.717) is 0 Å². The number of nitrogens with one attached hydrogen (secondary N) is 1. The second-order valence-electron chi connectivity index (χ2n) is 4.68. The van der Waals surface area contributed by atoms with Gasteiger partial charge in [0, 0.05) is 19.6 Å². The molecule has 1 aromatic rings. The van der Waals surface area contributed by atoms with Crippen molar-refractivity contribution in [2.24, 2.45) is 0 Å². The summed E-state index contributed by atoms with van der Waals surface area (Å²) < 4.78 is 5.70. The van der Waals surface area contributed by atoms with E-state index < -0.39 is 0 Å². The fourth-order valence-electron chi connectivity index (χ4n) is 2.41. The van der Waals surface area contributed by atoms with Crippen LogP contribution < -0.4 is 10.1 Å². The van der Waals surface area contributed by atoms with Crippen LogP contribution >= 0.6 is 0 Å². The van der Waals surface area contributed by atoms with E-state index in [0.717, 1.165) is 43.9 Å². The molecule has 1 aromatic carbocycles. The molecular weight excluding hydrogens is 240 g/mol. The van der Waals surface area contributed by atoms with Crippen LogP contribution in [0.4, 0.5) is 5.69 Å². The summed E-state index contributed by atoms with van der Waals surface area (Å²) in [6.07, 6.45) is 2.22. The quantitative estimate of drug-likeness (QED) is 0.885. The molecule has 0 atom stereocenters. The summed E-state index contributed by atoms with van der Waals surface area (Å²) in [7, 11) is 0. The van der Waals surface area contributed by atoms with E-state index in [2.05, 4.69) is 11.4 Å². The first-order chi connectivity index (χ1) is 9.26. The molecular formula is C15H22N2O2. The molecule has 1 N–H and O–H groups in total. The fourth-order valence-corrected chi connectivity index (χ4v) is 2.41. The van der Waals surface area contributed by atoms with Gasteiger partial charge in [0.05, 0.1) is 5.69 Å². The van der Waals surface area contributed by atoms with Gasteiger partial charge in [0.2, 0.25) is 0 Å². The maximum Gasteiger partial charge on any atom is 0.260 e. The van der Waals surface area contributed by atoms with Gasteiger partial charge >= 0.3 is 0 Å². The van der Waals surface area contributed by atoms with Gasteiger partial charge in [-0.15, -0.1) is 0 Å². The number of ether oxygens (including phenoxy) is 1. The summed E-state index contributed by atoms with van der Waals surface area (Å²) >= 11 is 0. The first-order valence-corrected chi connectivity index (χ1v) is 7.02. The van der Waals surface area contributed by atoms with Gasteiger partial charge in [-0.05, 0) is 38.3 Å². The molecule has 0 bridgehead atoms. The molecule has 1 amide bonds. The van der Waals surface area contributed by atoms with Crippen molar-refractivity contribution >= 4 is 11.6 Å². The lowest BCUT2D eigenvalue weighted by Gasteiger charge is -2.22. The van der Waals surface area contributed by atoms with E-state index in [9.17, 15) is 4.79 Å². The zero-order chi connectivity index (χ0) is 13.7. The van der Waals surface area contributed by atoms with Crippen molar-refractivity contribution in [3.63, 3.8) is 0 Å². The number of amides is 1. The molecule has 4 heteroatoms. The highest BCUT2D eigenvalue weighted by atomic mass is 16.5. The van der Waals surface area contributed by atoms with E-state index in [4.69, 9.17) is 4.74 Å². The Bertz CT molecular complexity index is 442. The van der Waals surface area contributed by atoms with Crippen LogP contribution in [0.2, 0.25) is 0 Å². The van der Waals surface area contributed by atoms with Crippen LogP contribution in [-0.4, -0.2) is 37.0 Å².